The molecule has 0 aromatic heterocycles. The van der Waals surface area contributed by atoms with E-state index in [0.717, 1.165) is 0 Å². The first-order valence-electron chi connectivity index (χ1n) is 6.40. The summed E-state index contributed by atoms with van der Waals surface area (Å²) in [6, 6.07) is 26.1. The quantitative estimate of drug-likeness (QED) is 0.492. The summed E-state index contributed by atoms with van der Waals surface area (Å²) in [5.41, 5.74) is 0. The van der Waals surface area contributed by atoms with E-state index in [0.29, 0.717) is 17.2 Å². The standard InChI is InChI=1S/3C6H6O.CH3.Zr/c3*7-6-4-2-1-3-5-6;;/h3*1-5,7H;1H3;/q;;;-1;. The Morgan fingerprint density at radius 2 is 0.565 bits per heavy atom. The summed E-state index contributed by atoms with van der Waals surface area (Å²) in [4.78, 5) is 0. The van der Waals surface area contributed by atoms with E-state index >= 15 is 0 Å². The van der Waals surface area contributed by atoms with Crippen LogP contribution in [0.5, 0.6) is 17.2 Å². The summed E-state index contributed by atoms with van der Waals surface area (Å²) in [5.74, 6) is 0.965. The van der Waals surface area contributed by atoms with E-state index in [1.165, 1.54) is 0 Å². The van der Waals surface area contributed by atoms with Gasteiger partial charge in [0.05, 0.1) is 0 Å². The molecule has 0 bridgehead atoms. The molecule has 120 valence electrons. The first-order chi connectivity index (χ1) is 10.2. The van der Waals surface area contributed by atoms with Gasteiger partial charge in [-0.2, -0.15) is 0 Å². The van der Waals surface area contributed by atoms with Gasteiger partial charge in [-0.15, -0.1) is 0 Å². The predicted molar refractivity (Wildman–Crippen MR) is 90.7 cm³/mol. The Labute approximate surface area is 157 Å². The van der Waals surface area contributed by atoms with Crippen LogP contribution in [0, 0.1) is 7.43 Å². The summed E-state index contributed by atoms with van der Waals surface area (Å²) in [7, 11) is 0. The van der Waals surface area contributed by atoms with Crippen molar-refractivity contribution in [2.75, 3.05) is 0 Å². The van der Waals surface area contributed by atoms with E-state index in [1.54, 1.807) is 72.8 Å². The molecule has 0 radical (unpaired) electrons. The SMILES string of the molecule is Oc1ccccc1.Oc1ccccc1.Oc1ccccc1.[CH3-].[Zr]. The van der Waals surface area contributed by atoms with Crippen LogP contribution in [0.25, 0.3) is 0 Å². The number of phenols is 3. The fourth-order valence-corrected chi connectivity index (χ4v) is 1.28. The summed E-state index contributed by atoms with van der Waals surface area (Å²) in [6.07, 6.45) is 0. The summed E-state index contributed by atoms with van der Waals surface area (Å²) < 4.78 is 0. The molecule has 0 amide bonds. The zero-order valence-electron chi connectivity index (χ0n) is 13.0. The first kappa shape index (κ1) is 23.2. The third-order valence-corrected chi connectivity index (χ3v) is 2.27. The average Bonchev–Trinajstić information content (AvgIpc) is 2.51. The van der Waals surface area contributed by atoms with Gasteiger partial charge in [0.15, 0.2) is 0 Å². The number of hydrogen-bond donors (Lipinski definition) is 3. The van der Waals surface area contributed by atoms with Gasteiger partial charge in [0.25, 0.3) is 0 Å². The number of rotatable bonds is 0. The molecule has 0 saturated heterocycles. The first-order valence-corrected chi connectivity index (χ1v) is 6.40. The van der Waals surface area contributed by atoms with Gasteiger partial charge in [-0.05, 0) is 36.4 Å². The smallest absolute Gasteiger partial charge is 0.115 e. The summed E-state index contributed by atoms with van der Waals surface area (Å²) in [6.45, 7) is 0. The van der Waals surface area contributed by atoms with Crippen LogP contribution in [0.15, 0.2) is 91.0 Å². The molecule has 0 unspecified atom stereocenters. The van der Waals surface area contributed by atoms with Gasteiger partial charge < -0.3 is 22.7 Å². The molecule has 0 aliphatic carbocycles. The second-order valence-electron chi connectivity index (χ2n) is 4.01. The van der Waals surface area contributed by atoms with Gasteiger partial charge in [0.1, 0.15) is 17.2 Å². The van der Waals surface area contributed by atoms with Gasteiger partial charge in [-0.1, -0.05) is 54.6 Å². The normalized spacial score (nSPS) is 7.83. The zero-order chi connectivity index (χ0) is 15.3. The van der Waals surface area contributed by atoms with Crippen LogP contribution in [0.2, 0.25) is 0 Å². The van der Waals surface area contributed by atoms with Crippen molar-refractivity contribution in [3.05, 3.63) is 98.4 Å². The monoisotopic (exact) mass is 387 g/mol. The van der Waals surface area contributed by atoms with Crippen molar-refractivity contribution >= 4 is 0 Å². The number of para-hydroxylation sites is 3. The van der Waals surface area contributed by atoms with Crippen molar-refractivity contribution in [3.63, 3.8) is 0 Å². The molecule has 3 aromatic rings. The molecule has 23 heavy (non-hydrogen) atoms. The van der Waals surface area contributed by atoms with Gasteiger partial charge in [-0.3, -0.25) is 0 Å². The minimum atomic E-state index is 0. The molecule has 3 rings (SSSR count). The molecule has 3 N–H and O–H groups in total. The van der Waals surface area contributed by atoms with Crippen molar-refractivity contribution in [1.82, 2.24) is 0 Å². The number of benzene rings is 3. The maximum Gasteiger partial charge on any atom is 0.115 e. The summed E-state index contributed by atoms with van der Waals surface area (Å²) in [5, 5.41) is 25.9. The zero-order valence-corrected chi connectivity index (χ0v) is 15.5. The molecule has 0 aliphatic rings. The molecule has 0 aliphatic heterocycles. The number of aromatic hydroxyl groups is 3. The van der Waals surface area contributed by atoms with Crippen LogP contribution in [-0.2, 0) is 26.2 Å². The molecule has 0 fully saturated rings. The Hall–Kier alpha value is -2.06. The molecule has 4 heteroatoms. The van der Waals surface area contributed by atoms with Crippen molar-refractivity contribution in [2.45, 2.75) is 0 Å². The van der Waals surface area contributed by atoms with Gasteiger partial charge in [0.2, 0.25) is 0 Å². The second-order valence-corrected chi connectivity index (χ2v) is 4.01. The van der Waals surface area contributed by atoms with Gasteiger partial charge >= 0.3 is 0 Å². The Bertz CT molecular complexity index is 498. The van der Waals surface area contributed by atoms with Crippen LogP contribution in [-0.4, -0.2) is 15.3 Å². The van der Waals surface area contributed by atoms with Crippen molar-refractivity contribution in [2.24, 2.45) is 0 Å². The van der Waals surface area contributed by atoms with E-state index in [4.69, 9.17) is 15.3 Å². The van der Waals surface area contributed by atoms with E-state index in [9.17, 15) is 0 Å². The molecule has 0 saturated carbocycles. The van der Waals surface area contributed by atoms with Crippen LogP contribution in [0.3, 0.4) is 0 Å². The van der Waals surface area contributed by atoms with E-state index in [-0.39, 0.29) is 33.6 Å². The molecule has 3 nitrogen and oxygen atoms in total. The Balaban J connectivity index is 0. The Morgan fingerprint density at radius 1 is 0.391 bits per heavy atom. The molecule has 0 heterocycles. The van der Waals surface area contributed by atoms with Crippen LogP contribution < -0.4 is 0 Å². The van der Waals surface area contributed by atoms with E-state index in [1.807, 2.05) is 18.2 Å². The van der Waals surface area contributed by atoms with Gasteiger partial charge in [0, 0.05) is 26.2 Å². The molecular formula is C19H21O3Zr-. The van der Waals surface area contributed by atoms with Crippen molar-refractivity contribution < 1.29 is 41.5 Å². The van der Waals surface area contributed by atoms with Gasteiger partial charge in [-0.25, -0.2) is 0 Å². The molecule has 0 spiro atoms. The van der Waals surface area contributed by atoms with E-state index < -0.39 is 0 Å². The average molecular weight is 389 g/mol. The van der Waals surface area contributed by atoms with Crippen LogP contribution >= 0.6 is 0 Å². The largest absolute Gasteiger partial charge is 0.508 e. The van der Waals surface area contributed by atoms with Crippen molar-refractivity contribution in [3.8, 4) is 17.2 Å². The van der Waals surface area contributed by atoms with E-state index in [2.05, 4.69) is 0 Å². The fraction of sp³-hybridized carbons (Fsp3) is 0. The maximum atomic E-state index is 8.63. The number of hydrogen-bond acceptors (Lipinski definition) is 3. The summed E-state index contributed by atoms with van der Waals surface area (Å²) >= 11 is 0. The topological polar surface area (TPSA) is 60.7 Å². The van der Waals surface area contributed by atoms with Crippen LogP contribution in [0.4, 0.5) is 0 Å². The third kappa shape index (κ3) is 13.3. The van der Waals surface area contributed by atoms with Crippen molar-refractivity contribution in [1.29, 1.82) is 0 Å². The fourth-order valence-electron chi connectivity index (χ4n) is 1.28. The predicted octanol–water partition coefficient (Wildman–Crippen LogP) is 4.62. The minimum absolute atomic E-state index is 0. The molecular weight excluding hydrogens is 367 g/mol. The molecule has 3 aromatic carbocycles. The minimum Gasteiger partial charge on any atom is -0.508 e. The number of phenolic OH excluding ortho intramolecular Hbond substituents is 3. The Kier molecular flexibility index (Phi) is 15.0. The third-order valence-electron chi connectivity index (χ3n) is 2.27. The Morgan fingerprint density at radius 3 is 0.652 bits per heavy atom. The second kappa shape index (κ2) is 14.9. The van der Waals surface area contributed by atoms with Crippen LogP contribution in [0.1, 0.15) is 0 Å². The maximum absolute atomic E-state index is 8.63. The molecule has 0 atom stereocenters.